The molecule has 0 fully saturated rings. The SMILES string of the molecule is N=C(Cl)Cc1nc2ccccc2[nH]1. The van der Waals surface area contributed by atoms with Crippen LogP contribution in [0.2, 0.25) is 0 Å². The Labute approximate surface area is 80.3 Å². The number of aromatic amines is 1. The first-order chi connectivity index (χ1) is 6.25. The minimum atomic E-state index is 0.0963. The van der Waals surface area contributed by atoms with Crippen LogP contribution in [0.1, 0.15) is 5.82 Å². The maximum atomic E-state index is 7.11. The molecule has 0 saturated carbocycles. The number of nitrogens with one attached hydrogen (secondary N) is 2. The molecule has 3 nitrogen and oxygen atoms in total. The Morgan fingerprint density at radius 1 is 1.46 bits per heavy atom. The fourth-order valence-electron chi connectivity index (χ4n) is 1.24. The van der Waals surface area contributed by atoms with Gasteiger partial charge in [0.05, 0.1) is 17.5 Å². The summed E-state index contributed by atoms with van der Waals surface area (Å²) >= 11 is 5.46. The van der Waals surface area contributed by atoms with Crippen molar-refractivity contribution >= 4 is 27.8 Å². The van der Waals surface area contributed by atoms with Crippen molar-refractivity contribution in [3.05, 3.63) is 30.1 Å². The third-order valence-corrected chi connectivity index (χ3v) is 1.89. The minimum absolute atomic E-state index is 0.0963. The van der Waals surface area contributed by atoms with Gasteiger partial charge in [-0.25, -0.2) is 4.98 Å². The van der Waals surface area contributed by atoms with Gasteiger partial charge in [-0.1, -0.05) is 23.7 Å². The predicted molar refractivity (Wildman–Crippen MR) is 53.4 cm³/mol. The van der Waals surface area contributed by atoms with E-state index in [1.54, 1.807) is 0 Å². The summed E-state index contributed by atoms with van der Waals surface area (Å²) in [5.74, 6) is 0.737. The molecule has 0 atom stereocenters. The standard InChI is InChI=1S/C9H8ClN3/c10-8(11)5-9-12-6-3-1-2-4-7(6)13-9/h1-4,11H,5H2,(H,12,13). The van der Waals surface area contributed by atoms with Crippen molar-refractivity contribution in [2.75, 3.05) is 0 Å². The van der Waals surface area contributed by atoms with Crippen LogP contribution in [0.15, 0.2) is 24.3 Å². The normalized spacial score (nSPS) is 10.5. The van der Waals surface area contributed by atoms with Crippen LogP contribution in [0, 0.1) is 5.41 Å². The monoisotopic (exact) mass is 193 g/mol. The molecular formula is C9H8ClN3. The maximum absolute atomic E-state index is 7.11. The van der Waals surface area contributed by atoms with Crippen LogP contribution in [0.25, 0.3) is 11.0 Å². The van der Waals surface area contributed by atoms with E-state index >= 15 is 0 Å². The Morgan fingerprint density at radius 3 is 2.92 bits per heavy atom. The summed E-state index contributed by atoms with van der Waals surface area (Å²) in [7, 11) is 0. The molecule has 0 aliphatic heterocycles. The highest BCUT2D eigenvalue weighted by Crippen LogP contribution is 2.10. The lowest BCUT2D eigenvalue weighted by atomic mass is 10.3. The van der Waals surface area contributed by atoms with E-state index in [4.69, 9.17) is 17.0 Å². The summed E-state index contributed by atoms with van der Waals surface area (Å²) in [4.78, 5) is 7.36. The second kappa shape index (κ2) is 3.18. The molecule has 1 aromatic heterocycles. The summed E-state index contributed by atoms with van der Waals surface area (Å²) < 4.78 is 0. The Hall–Kier alpha value is -1.35. The Balaban J connectivity index is 2.44. The number of nitrogens with zero attached hydrogens (tertiary/aromatic N) is 1. The molecule has 0 amide bonds. The number of benzene rings is 1. The lowest BCUT2D eigenvalue weighted by molar-refractivity contribution is 1.10. The van der Waals surface area contributed by atoms with Gasteiger partial charge in [0.25, 0.3) is 0 Å². The molecule has 0 radical (unpaired) electrons. The van der Waals surface area contributed by atoms with Crippen molar-refractivity contribution in [3.63, 3.8) is 0 Å². The first-order valence-corrected chi connectivity index (χ1v) is 4.30. The van der Waals surface area contributed by atoms with Crippen molar-refractivity contribution in [2.24, 2.45) is 0 Å². The molecule has 1 aromatic carbocycles. The van der Waals surface area contributed by atoms with E-state index in [1.807, 2.05) is 24.3 Å². The second-order valence-electron chi connectivity index (χ2n) is 2.78. The van der Waals surface area contributed by atoms with Gasteiger partial charge in [0.2, 0.25) is 0 Å². The smallest absolute Gasteiger partial charge is 0.114 e. The fourth-order valence-corrected chi connectivity index (χ4v) is 1.36. The molecule has 0 saturated heterocycles. The van der Waals surface area contributed by atoms with Gasteiger partial charge in [0, 0.05) is 0 Å². The van der Waals surface area contributed by atoms with E-state index in [9.17, 15) is 0 Å². The van der Waals surface area contributed by atoms with E-state index in [0.29, 0.717) is 6.42 Å². The maximum Gasteiger partial charge on any atom is 0.114 e. The Morgan fingerprint density at radius 2 is 2.23 bits per heavy atom. The van der Waals surface area contributed by atoms with Gasteiger partial charge in [-0.05, 0) is 12.1 Å². The average molecular weight is 194 g/mol. The number of fused-ring (bicyclic) bond motifs is 1. The van der Waals surface area contributed by atoms with Crippen LogP contribution in [0.4, 0.5) is 0 Å². The topological polar surface area (TPSA) is 52.5 Å². The third kappa shape index (κ3) is 1.70. The number of hydrogen-bond acceptors (Lipinski definition) is 2. The van der Waals surface area contributed by atoms with Crippen molar-refractivity contribution in [1.29, 1.82) is 5.41 Å². The summed E-state index contributed by atoms with van der Waals surface area (Å²) in [5, 5.41) is 7.21. The van der Waals surface area contributed by atoms with Gasteiger partial charge >= 0.3 is 0 Å². The van der Waals surface area contributed by atoms with Crippen LogP contribution in [0.5, 0.6) is 0 Å². The minimum Gasteiger partial charge on any atom is -0.342 e. The highest BCUT2D eigenvalue weighted by Gasteiger charge is 2.02. The number of halogens is 1. The van der Waals surface area contributed by atoms with Crippen molar-refractivity contribution in [2.45, 2.75) is 6.42 Å². The van der Waals surface area contributed by atoms with Crippen molar-refractivity contribution < 1.29 is 0 Å². The molecule has 0 aliphatic rings. The fraction of sp³-hybridized carbons (Fsp3) is 0.111. The number of H-pyrrole nitrogens is 1. The van der Waals surface area contributed by atoms with Crippen LogP contribution < -0.4 is 0 Å². The lowest BCUT2D eigenvalue weighted by Crippen LogP contribution is -1.94. The van der Waals surface area contributed by atoms with Crippen molar-refractivity contribution in [3.8, 4) is 0 Å². The van der Waals surface area contributed by atoms with Gasteiger partial charge < -0.3 is 4.98 Å². The largest absolute Gasteiger partial charge is 0.342 e. The quantitative estimate of drug-likeness (QED) is 0.707. The molecule has 2 N–H and O–H groups in total. The summed E-state index contributed by atoms with van der Waals surface area (Å²) in [6.07, 6.45) is 0.371. The second-order valence-corrected chi connectivity index (χ2v) is 3.24. The predicted octanol–water partition coefficient (Wildman–Crippen LogP) is 2.32. The molecule has 0 aliphatic carbocycles. The van der Waals surface area contributed by atoms with E-state index in [2.05, 4.69) is 9.97 Å². The Bertz CT molecular complexity index is 414. The van der Waals surface area contributed by atoms with E-state index in [-0.39, 0.29) is 5.17 Å². The van der Waals surface area contributed by atoms with E-state index in [0.717, 1.165) is 16.9 Å². The highest BCUT2D eigenvalue weighted by molar-refractivity contribution is 6.64. The molecule has 2 aromatic rings. The van der Waals surface area contributed by atoms with Gasteiger partial charge in [-0.3, -0.25) is 5.41 Å². The van der Waals surface area contributed by atoms with Crippen LogP contribution in [-0.4, -0.2) is 15.1 Å². The molecule has 66 valence electrons. The zero-order chi connectivity index (χ0) is 9.26. The molecule has 13 heavy (non-hydrogen) atoms. The zero-order valence-corrected chi connectivity index (χ0v) is 7.60. The van der Waals surface area contributed by atoms with Crippen molar-refractivity contribution in [1.82, 2.24) is 9.97 Å². The van der Waals surface area contributed by atoms with Gasteiger partial charge in [-0.15, -0.1) is 0 Å². The van der Waals surface area contributed by atoms with Crippen LogP contribution >= 0.6 is 11.6 Å². The van der Waals surface area contributed by atoms with Crippen LogP contribution in [-0.2, 0) is 6.42 Å². The number of rotatable bonds is 2. The number of imidazole rings is 1. The van der Waals surface area contributed by atoms with Gasteiger partial charge in [-0.2, -0.15) is 0 Å². The number of hydrogen-bond donors (Lipinski definition) is 2. The third-order valence-electron chi connectivity index (χ3n) is 1.76. The molecule has 4 heteroatoms. The molecule has 2 rings (SSSR count). The number of para-hydroxylation sites is 2. The highest BCUT2D eigenvalue weighted by atomic mass is 35.5. The van der Waals surface area contributed by atoms with E-state index < -0.39 is 0 Å². The van der Waals surface area contributed by atoms with Crippen LogP contribution in [0.3, 0.4) is 0 Å². The van der Waals surface area contributed by atoms with Gasteiger partial charge in [0.15, 0.2) is 0 Å². The van der Waals surface area contributed by atoms with E-state index in [1.165, 1.54) is 0 Å². The first-order valence-electron chi connectivity index (χ1n) is 3.92. The summed E-state index contributed by atoms with van der Waals surface area (Å²) in [6, 6.07) is 7.74. The van der Waals surface area contributed by atoms with Gasteiger partial charge in [0.1, 0.15) is 11.0 Å². The molecule has 1 heterocycles. The molecule has 0 spiro atoms. The Kier molecular flexibility index (Phi) is 2.02. The zero-order valence-electron chi connectivity index (χ0n) is 6.84. The molecule has 0 unspecified atom stereocenters. The summed E-state index contributed by atoms with van der Waals surface area (Å²) in [5.41, 5.74) is 1.89. The number of aromatic nitrogens is 2. The molecular weight excluding hydrogens is 186 g/mol. The average Bonchev–Trinajstić information content (AvgIpc) is 2.44. The summed E-state index contributed by atoms with van der Waals surface area (Å²) in [6.45, 7) is 0. The molecule has 0 bridgehead atoms. The first kappa shape index (κ1) is 8.26. The lowest BCUT2D eigenvalue weighted by Gasteiger charge is -1.88.